The van der Waals surface area contributed by atoms with Gasteiger partial charge in [-0.05, 0) is 19.3 Å². The Morgan fingerprint density at radius 2 is 0.567 bits per heavy atom. The van der Waals surface area contributed by atoms with Crippen LogP contribution in [0.4, 0.5) is 0 Å². The highest BCUT2D eigenvalue weighted by Gasteiger charge is 2.23. The molecule has 0 fully saturated rings. The first-order valence-corrected chi connectivity index (χ1v) is 14.0. The van der Waals surface area contributed by atoms with Gasteiger partial charge < -0.3 is 5.73 Å². The van der Waals surface area contributed by atoms with Crippen LogP contribution in [-0.4, -0.2) is 5.54 Å². The second-order valence-corrected chi connectivity index (χ2v) is 9.98. The minimum Gasteiger partial charge on any atom is -0.325 e. The zero-order valence-corrected chi connectivity index (χ0v) is 22.3. The van der Waals surface area contributed by atoms with E-state index in [1.165, 1.54) is 154 Å². The first-order chi connectivity index (χ1) is 14.2. The van der Waals surface area contributed by atoms with Crippen LogP contribution in [0.2, 0.25) is 0 Å². The molecule has 0 aromatic heterocycles. The van der Waals surface area contributed by atoms with Crippen molar-refractivity contribution in [1.82, 2.24) is 0 Å². The van der Waals surface area contributed by atoms with Crippen LogP contribution in [0.5, 0.6) is 0 Å². The lowest BCUT2D eigenvalue weighted by atomic mass is 9.82. The molecule has 0 atom stereocenters. The lowest BCUT2D eigenvalue weighted by Gasteiger charge is -2.30. The summed E-state index contributed by atoms with van der Waals surface area (Å²) >= 11 is 0. The topological polar surface area (TPSA) is 26.0 Å². The maximum atomic E-state index is 6.99. The van der Waals surface area contributed by atoms with E-state index in [1.807, 2.05) is 0 Å². The highest BCUT2D eigenvalue weighted by atomic mass is 35.5. The van der Waals surface area contributed by atoms with Crippen molar-refractivity contribution in [2.24, 2.45) is 5.73 Å². The summed E-state index contributed by atoms with van der Waals surface area (Å²) < 4.78 is 0. The van der Waals surface area contributed by atoms with Crippen molar-refractivity contribution in [2.45, 2.75) is 180 Å². The van der Waals surface area contributed by atoms with Gasteiger partial charge in [-0.1, -0.05) is 156 Å². The molecule has 0 aliphatic carbocycles. The standard InChI is InChI=1S/C28H59N.ClH/c1-4-7-10-13-16-19-22-25-28(29,26-23-20-17-14-11-8-5-2)27-24-21-18-15-12-9-6-3;/h4-27,29H2,1-3H3;1H. The van der Waals surface area contributed by atoms with Gasteiger partial charge in [-0.25, -0.2) is 0 Å². The molecule has 0 aliphatic heterocycles. The first-order valence-electron chi connectivity index (χ1n) is 14.0. The second kappa shape index (κ2) is 25.5. The van der Waals surface area contributed by atoms with Crippen molar-refractivity contribution in [3.8, 4) is 0 Å². The van der Waals surface area contributed by atoms with Gasteiger partial charge in [0.05, 0.1) is 0 Å². The van der Waals surface area contributed by atoms with Crippen LogP contribution in [0.3, 0.4) is 0 Å². The quantitative estimate of drug-likeness (QED) is 0.147. The summed E-state index contributed by atoms with van der Waals surface area (Å²) in [5, 5.41) is 0. The molecule has 0 bridgehead atoms. The smallest absolute Gasteiger partial charge is 0.0154 e. The Bertz CT molecular complexity index is 259. The van der Waals surface area contributed by atoms with Crippen LogP contribution in [0.1, 0.15) is 175 Å². The number of hydrogen-bond acceptors (Lipinski definition) is 1. The summed E-state index contributed by atoms with van der Waals surface area (Å²) in [6, 6.07) is 0. The fourth-order valence-electron chi connectivity index (χ4n) is 4.68. The van der Waals surface area contributed by atoms with Gasteiger partial charge >= 0.3 is 0 Å². The minimum atomic E-state index is 0. The van der Waals surface area contributed by atoms with Gasteiger partial charge in [0.2, 0.25) is 0 Å². The molecular weight excluding hydrogens is 386 g/mol. The van der Waals surface area contributed by atoms with E-state index in [9.17, 15) is 0 Å². The fourth-order valence-corrected chi connectivity index (χ4v) is 4.68. The van der Waals surface area contributed by atoms with Crippen LogP contribution in [0, 0.1) is 0 Å². The zero-order chi connectivity index (χ0) is 21.5. The van der Waals surface area contributed by atoms with E-state index in [4.69, 9.17) is 5.73 Å². The molecule has 0 aliphatic rings. The number of unbranched alkanes of at least 4 members (excludes halogenated alkanes) is 18. The third-order valence-electron chi connectivity index (χ3n) is 6.83. The monoisotopic (exact) mass is 445 g/mol. The lowest BCUT2D eigenvalue weighted by molar-refractivity contribution is 0.302. The fraction of sp³-hybridized carbons (Fsp3) is 1.00. The summed E-state index contributed by atoms with van der Waals surface area (Å²) in [5.74, 6) is 0. The number of hydrogen-bond donors (Lipinski definition) is 1. The van der Waals surface area contributed by atoms with Gasteiger partial charge in [0.15, 0.2) is 0 Å². The maximum Gasteiger partial charge on any atom is 0.0154 e. The van der Waals surface area contributed by atoms with Gasteiger partial charge in [-0.15, -0.1) is 12.4 Å². The first kappa shape index (κ1) is 32.4. The van der Waals surface area contributed by atoms with E-state index in [-0.39, 0.29) is 17.9 Å². The highest BCUT2D eigenvalue weighted by Crippen LogP contribution is 2.27. The molecule has 1 nitrogen and oxygen atoms in total. The van der Waals surface area contributed by atoms with Crippen molar-refractivity contribution in [3.63, 3.8) is 0 Å². The molecule has 184 valence electrons. The van der Waals surface area contributed by atoms with Crippen molar-refractivity contribution in [2.75, 3.05) is 0 Å². The molecule has 0 amide bonds. The second-order valence-electron chi connectivity index (χ2n) is 9.98. The molecule has 30 heavy (non-hydrogen) atoms. The Morgan fingerprint density at radius 3 is 0.800 bits per heavy atom. The Morgan fingerprint density at radius 1 is 0.367 bits per heavy atom. The number of halogens is 1. The third kappa shape index (κ3) is 22.9. The van der Waals surface area contributed by atoms with Crippen LogP contribution >= 0.6 is 12.4 Å². The zero-order valence-electron chi connectivity index (χ0n) is 21.5. The summed E-state index contributed by atoms with van der Waals surface area (Å²) in [6.45, 7) is 6.91. The van der Waals surface area contributed by atoms with Gasteiger partial charge in [0, 0.05) is 5.54 Å². The molecular formula is C28H60ClN. The Labute approximate surface area is 198 Å². The third-order valence-corrected chi connectivity index (χ3v) is 6.83. The average molecular weight is 446 g/mol. The maximum absolute atomic E-state index is 6.99. The molecule has 0 aromatic carbocycles. The SMILES string of the molecule is CCCCCCCCCC(N)(CCCCCCCCC)CCCCCCCCC.Cl. The van der Waals surface area contributed by atoms with Gasteiger partial charge in [-0.3, -0.25) is 0 Å². The minimum absolute atomic E-state index is 0. The van der Waals surface area contributed by atoms with Crippen molar-refractivity contribution >= 4 is 12.4 Å². The van der Waals surface area contributed by atoms with Crippen molar-refractivity contribution in [1.29, 1.82) is 0 Å². The summed E-state index contributed by atoms with van der Waals surface area (Å²) in [4.78, 5) is 0. The van der Waals surface area contributed by atoms with Crippen molar-refractivity contribution < 1.29 is 0 Å². The Balaban J connectivity index is 0. The van der Waals surface area contributed by atoms with E-state index in [1.54, 1.807) is 0 Å². The lowest BCUT2D eigenvalue weighted by Crippen LogP contribution is -2.39. The van der Waals surface area contributed by atoms with Gasteiger partial charge in [0.1, 0.15) is 0 Å². The van der Waals surface area contributed by atoms with E-state index in [2.05, 4.69) is 20.8 Å². The molecule has 0 aromatic rings. The molecule has 0 saturated heterocycles. The largest absolute Gasteiger partial charge is 0.325 e. The molecule has 2 N–H and O–H groups in total. The summed E-state index contributed by atoms with van der Waals surface area (Å²) in [7, 11) is 0. The van der Waals surface area contributed by atoms with Crippen molar-refractivity contribution in [3.05, 3.63) is 0 Å². The van der Waals surface area contributed by atoms with E-state index < -0.39 is 0 Å². The number of rotatable bonds is 24. The predicted octanol–water partition coefficient (Wildman–Crippen LogP) is 10.5. The molecule has 0 unspecified atom stereocenters. The summed E-state index contributed by atoms with van der Waals surface area (Å²) in [6.07, 6.45) is 33.2. The molecule has 0 heterocycles. The molecule has 2 heteroatoms. The van der Waals surface area contributed by atoms with E-state index in [0.29, 0.717) is 0 Å². The van der Waals surface area contributed by atoms with Crippen LogP contribution in [0.25, 0.3) is 0 Å². The number of nitrogens with two attached hydrogens (primary N) is 1. The highest BCUT2D eigenvalue weighted by molar-refractivity contribution is 5.85. The normalized spacial score (nSPS) is 11.6. The van der Waals surface area contributed by atoms with Crippen LogP contribution in [0.15, 0.2) is 0 Å². The predicted molar refractivity (Wildman–Crippen MR) is 142 cm³/mol. The Kier molecular flexibility index (Phi) is 27.6. The van der Waals surface area contributed by atoms with Gasteiger partial charge in [-0.2, -0.15) is 0 Å². The van der Waals surface area contributed by atoms with Gasteiger partial charge in [0.25, 0.3) is 0 Å². The van der Waals surface area contributed by atoms with Crippen LogP contribution < -0.4 is 5.73 Å². The Hall–Kier alpha value is 0.250. The van der Waals surface area contributed by atoms with E-state index >= 15 is 0 Å². The summed E-state index contributed by atoms with van der Waals surface area (Å²) in [5.41, 5.74) is 7.12. The molecule has 0 saturated carbocycles. The van der Waals surface area contributed by atoms with Crippen LogP contribution in [-0.2, 0) is 0 Å². The molecule has 0 radical (unpaired) electrons. The average Bonchev–Trinajstić information content (AvgIpc) is 2.72. The molecule has 0 rings (SSSR count). The molecule has 0 spiro atoms. The van der Waals surface area contributed by atoms with E-state index in [0.717, 1.165) is 0 Å².